The lowest BCUT2D eigenvalue weighted by molar-refractivity contribution is 0.00304. The largest absolute Gasteiger partial charge is 0.378 e. The van der Waals surface area contributed by atoms with Gasteiger partial charge in [0, 0.05) is 19.8 Å². The molecule has 1 aromatic carbocycles. The van der Waals surface area contributed by atoms with Crippen molar-refractivity contribution in [3.8, 4) is 0 Å². The highest BCUT2D eigenvalue weighted by atomic mass is 16.5. The number of hydrogen-bond donors (Lipinski definition) is 2. The van der Waals surface area contributed by atoms with E-state index in [0.29, 0.717) is 0 Å². The maximum Gasteiger partial charge on any atom is 0.171 e. The summed E-state index contributed by atoms with van der Waals surface area (Å²) in [6.07, 6.45) is 1.61. The predicted octanol–water partition coefficient (Wildman–Crippen LogP) is 1.08. The van der Waals surface area contributed by atoms with E-state index >= 15 is 0 Å². The number of hydrogen-bond acceptors (Lipinski definition) is 3. The standard InChI is InChI=1S/C11H15NO2/c1-12(2)10-6-3-9(4-7-10)5-8-11(13)14/h3-8,11,13-14H,1-2H3/b8-5+. The molecule has 0 radical (unpaired) electrons. The van der Waals surface area contributed by atoms with Gasteiger partial charge in [-0.25, -0.2) is 0 Å². The molecule has 0 aliphatic carbocycles. The van der Waals surface area contributed by atoms with Crippen LogP contribution in [0.1, 0.15) is 5.56 Å². The Morgan fingerprint density at radius 3 is 2.14 bits per heavy atom. The number of anilines is 1. The Morgan fingerprint density at radius 2 is 1.71 bits per heavy atom. The van der Waals surface area contributed by atoms with Crippen LogP contribution >= 0.6 is 0 Å². The molecule has 3 heteroatoms. The molecule has 1 aromatic rings. The Balaban J connectivity index is 2.73. The minimum absolute atomic E-state index is 0.948. The molecule has 0 fully saturated rings. The minimum atomic E-state index is -1.39. The third-order valence-corrected chi connectivity index (χ3v) is 1.87. The van der Waals surface area contributed by atoms with Crippen LogP contribution < -0.4 is 4.90 Å². The van der Waals surface area contributed by atoms with Crippen molar-refractivity contribution >= 4 is 11.8 Å². The van der Waals surface area contributed by atoms with Crippen LogP contribution in [0.4, 0.5) is 5.69 Å². The van der Waals surface area contributed by atoms with Crippen molar-refractivity contribution in [2.45, 2.75) is 6.29 Å². The van der Waals surface area contributed by atoms with Crippen LogP contribution in [-0.2, 0) is 0 Å². The zero-order valence-electron chi connectivity index (χ0n) is 8.38. The molecule has 2 N–H and O–H groups in total. The van der Waals surface area contributed by atoms with Gasteiger partial charge < -0.3 is 15.1 Å². The number of benzene rings is 1. The van der Waals surface area contributed by atoms with E-state index in [-0.39, 0.29) is 0 Å². The van der Waals surface area contributed by atoms with Crippen molar-refractivity contribution in [2.75, 3.05) is 19.0 Å². The van der Waals surface area contributed by atoms with Gasteiger partial charge in [-0.3, -0.25) is 0 Å². The van der Waals surface area contributed by atoms with E-state index in [4.69, 9.17) is 10.2 Å². The van der Waals surface area contributed by atoms with Crippen molar-refractivity contribution in [3.05, 3.63) is 35.9 Å². The Hall–Kier alpha value is -1.32. The molecule has 0 unspecified atom stereocenters. The van der Waals surface area contributed by atoms with Gasteiger partial charge in [-0.15, -0.1) is 0 Å². The van der Waals surface area contributed by atoms with Crippen LogP contribution in [-0.4, -0.2) is 30.6 Å². The summed E-state index contributed by atoms with van der Waals surface area (Å²) in [5.74, 6) is 0. The van der Waals surface area contributed by atoms with Crippen LogP contribution in [0.15, 0.2) is 30.3 Å². The third kappa shape index (κ3) is 3.20. The van der Waals surface area contributed by atoms with Crippen LogP contribution in [0.3, 0.4) is 0 Å². The molecule has 0 bridgehead atoms. The monoisotopic (exact) mass is 193 g/mol. The summed E-state index contributed by atoms with van der Waals surface area (Å²) in [5.41, 5.74) is 2.07. The topological polar surface area (TPSA) is 43.7 Å². The highest BCUT2D eigenvalue weighted by molar-refractivity contribution is 5.55. The fourth-order valence-electron chi connectivity index (χ4n) is 1.08. The summed E-state index contributed by atoms with van der Waals surface area (Å²) in [7, 11) is 3.95. The normalized spacial score (nSPS) is 11.2. The second-order valence-corrected chi connectivity index (χ2v) is 3.26. The highest BCUT2D eigenvalue weighted by Crippen LogP contribution is 2.13. The van der Waals surface area contributed by atoms with E-state index < -0.39 is 6.29 Å². The molecule has 0 aliphatic rings. The fraction of sp³-hybridized carbons (Fsp3) is 0.273. The molecular formula is C11H15NO2. The molecule has 0 saturated carbocycles. The predicted molar refractivity (Wildman–Crippen MR) is 58.0 cm³/mol. The SMILES string of the molecule is CN(C)c1ccc(/C=C/C(O)O)cc1. The first-order chi connectivity index (χ1) is 6.59. The summed E-state index contributed by atoms with van der Waals surface area (Å²) < 4.78 is 0. The molecule has 0 spiro atoms. The number of rotatable bonds is 3. The lowest BCUT2D eigenvalue weighted by Crippen LogP contribution is -2.07. The van der Waals surface area contributed by atoms with Gasteiger partial charge in [0.2, 0.25) is 0 Å². The number of aliphatic hydroxyl groups is 2. The molecule has 76 valence electrons. The Bertz CT molecular complexity index is 302. The number of nitrogens with zero attached hydrogens (tertiary/aromatic N) is 1. The van der Waals surface area contributed by atoms with Gasteiger partial charge in [0.1, 0.15) is 0 Å². The third-order valence-electron chi connectivity index (χ3n) is 1.87. The van der Waals surface area contributed by atoms with Crippen molar-refractivity contribution in [1.82, 2.24) is 0 Å². The molecule has 0 aliphatic heterocycles. The van der Waals surface area contributed by atoms with Gasteiger partial charge in [0.15, 0.2) is 6.29 Å². The molecule has 1 rings (SSSR count). The maximum atomic E-state index is 8.62. The first kappa shape index (κ1) is 10.8. The van der Waals surface area contributed by atoms with Crippen LogP contribution in [0.2, 0.25) is 0 Å². The van der Waals surface area contributed by atoms with Crippen LogP contribution in [0, 0.1) is 0 Å². The van der Waals surface area contributed by atoms with Crippen LogP contribution in [0.25, 0.3) is 6.08 Å². The summed E-state index contributed by atoms with van der Waals surface area (Å²) in [6.45, 7) is 0. The summed E-state index contributed by atoms with van der Waals surface area (Å²) in [4.78, 5) is 2.01. The molecule has 0 heterocycles. The zero-order chi connectivity index (χ0) is 10.6. The van der Waals surface area contributed by atoms with E-state index in [0.717, 1.165) is 11.3 Å². The van der Waals surface area contributed by atoms with Crippen molar-refractivity contribution in [2.24, 2.45) is 0 Å². The summed E-state index contributed by atoms with van der Waals surface area (Å²) in [5, 5.41) is 17.2. The van der Waals surface area contributed by atoms with E-state index in [1.165, 1.54) is 6.08 Å². The van der Waals surface area contributed by atoms with Gasteiger partial charge >= 0.3 is 0 Å². The van der Waals surface area contributed by atoms with E-state index in [9.17, 15) is 0 Å². The maximum absolute atomic E-state index is 8.62. The van der Waals surface area contributed by atoms with Crippen molar-refractivity contribution in [1.29, 1.82) is 0 Å². The molecule has 0 amide bonds. The molecular weight excluding hydrogens is 178 g/mol. The Morgan fingerprint density at radius 1 is 1.14 bits per heavy atom. The van der Waals surface area contributed by atoms with Gasteiger partial charge in [-0.2, -0.15) is 0 Å². The van der Waals surface area contributed by atoms with Gasteiger partial charge in [-0.1, -0.05) is 18.2 Å². The quantitative estimate of drug-likeness (QED) is 0.706. The van der Waals surface area contributed by atoms with Crippen molar-refractivity contribution in [3.63, 3.8) is 0 Å². The lowest BCUT2D eigenvalue weighted by Gasteiger charge is -2.11. The van der Waals surface area contributed by atoms with E-state index in [1.807, 2.05) is 43.3 Å². The van der Waals surface area contributed by atoms with Crippen molar-refractivity contribution < 1.29 is 10.2 Å². The summed E-state index contributed by atoms with van der Waals surface area (Å²) in [6, 6.07) is 7.80. The second-order valence-electron chi connectivity index (χ2n) is 3.26. The minimum Gasteiger partial charge on any atom is -0.378 e. The number of aliphatic hydroxyl groups excluding tert-OH is 1. The Kier molecular flexibility index (Phi) is 3.68. The first-order valence-corrected chi connectivity index (χ1v) is 4.41. The van der Waals surface area contributed by atoms with Gasteiger partial charge in [0.25, 0.3) is 0 Å². The van der Waals surface area contributed by atoms with Gasteiger partial charge in [-0.05, 0) is 23.8 Å². The first-order valence-electron chi connectivity index (χ1n) is 4.41. The summed E-state index contributed by atoms with van der Waals surface area (Å²) >= 11 is 0. The van der Waals surface area contributed by atoms with E-state index in [2.05, 4.69) is 0 Å². The highest BCUT2D eigenvalue weighted by Gasteiger charge is 1.94. The van der Waals surface area contributed by atoms with Crippen LogP contribution in [0.5, 0.6) is 0 Å². The molecule has 0 atom stereocenters. The molecule has 14 heavy (non-hydrogen) atoms. The second kappa shape index (κ2) is 4.79. The smallest absolute Gasteiger partial charge is 0.171 e. The average molecular weight is 193 g/mol. The lowest BCUT2D eigenvalue weighted by atomic mass is 10.2. The zero-order valence-corrected chi connectivity index (χ0v) is 8.38. The van der Waals surface area contributed by atoms with Gasteiger partial charge in [0.05, 0.1) is 0 Å². The van der Waals surface area contributed by atoms with E-state index in [1.54, 1.807) is 6.08 Å². The molecule has 0 saturated heterocycles. The molecule has 0 aromatic heterocycles. The molecule has 3 nitrogen and oxygen atoms in total. The Labute approximate surface area is 83.9 Å². The fourth-order valence-corrected chi connectivity index (χ4v) is 1.08. The average Bonchev–Trinajstić information content (AvgIpc) is 2.15.